The molecule has 0 bridgehead atoms. The van der Waals surface area contributed by atoms with Crippen LogP contribution in [0.5, 0.6) is 0 Å². The monoisotopic (exact) mass is 240 g/mol. The normalized spacial score (nSPS) is 11.6. The Morgan fingerprint density at radius 1 is 1.06 bits per heavy atom. The number of hydrogen-bond donors (Lipinski definition) is 2. The summed E-state index contributed by atoms with van der Waals surface area (Å²) in [7, 11) is 0. The molecule has 0 fully saturated rings. The summed E-state index contributed by atoms with van der Waals surface area (Å²) in [5.41, 5.74) is 0. The Bertz CT molecular complexity index is 250. The van der Waals surface area contributed by atoms with Gasteiger partial charge in [-0.3, -0.25) is 0 Å². The van der Waals surface area contributed by atoms with Gasteiger partial charge in [0.25, 0.3) is 0 Å². The SMILES string of the molecule is CCCCCCCCCC[C@@H](O)C#CC(=O)O. The van der Waals surface area contributed by atoms with Crippen molar-refractivity contribution < 1.29 is 15.0 Å². The molecule has 3 nitrogen and oxygen atoms in total. The molecule has 17 heavy (non-hydrogen) atoms. The van der Waals surface area contributed by atoms with E-state index < -0.39 is 12.1 Å². The van der Waals surface area contributed by atoms with Gasteiger partial charge in [-0.15, -0.1) is 0 Å². The van der Waals surface area contributed by atoms with Gasteiger partial charge in [-0.2, -0.15) is 0 Å². The minimum Gasteiger partial charge on any atom is -0.472 e. The topological polar surface area (TPSA) is 57.5 Å². The number of aliphatic hydroxyl groups excluding tert-OH is 1. The van der Waals surface area contributed by atoms with Gasteiger partial charge >= 0.3 is 5.97 Å². The van der Waals surface area contributed by atoms with Crippen LogP contribution in [-0.4, -0.2) is 22.3 Å². The molecule has 0 aliphatic heterocycles. The fourth-order valence-corrected chi connectivity index (χ4v) is 1.69. The summed E-state index contributed by atoms with van der Waals surface area (Å²) in [6, 6.07) is 0. The second kappa shape index (κ2) is 11.5. The molecule has 0 radical (unpaired) electrons. The molecule has 0 aromatic carbocycles. The molecule has 3 heteroatoms. The number of carboxylic acids is 1. The molecule has 1 atom stereocenters. The van der Waals surface area contributed by atoms with E-state index in [1.807, 2.05) is 5.92 Å². The van der Waals surface area contributed by atoms with Gasteiger partial charge in [0.2, 0.25) is 0 Å². The summed E-state index contributed by atoms with van der Waals surface area (Å²) in [4.78, 5) is 10.1. The van der Waals surface area contributed by atoms with E-state index in [0.717, 1.165) is 12.8 Å². The highest BCUT2D eigenvalue weighted by molar-refractivity contribution is 5.86. The van der Waals surface area contributed by atoms with Crippen molar-refractivity contribution in [1.82, 2.24) is 0 Å². The van der Waals surface area contributed by atoms with Gasteiger partial charge in [0, 0.05) is 5.92 Å². The minimum absolute atomic E-state index is 0.579. The number of carbonyl (C=O) groups is 1. The van der Waals surface area contributed by atoms with E-state index in [1.165, 1.54) is 38.5 Å². The molecule has 0 heterocycles. The Morgan fingerprint density at radius 3 is 2.12 bits per heavy atom. The first kappa shape index (κ1) is 16.0. The van der Waals surface area contributed by atoms with E-state index in [9.17, 15) is 9.90 Å². The van der Waals surface area contributed by atoms with Gasteiger partial charge in [-0.1, -0.05) is 57.8 Å². The van der Waals surface area contributed by atoms with Crippen molar-refractivity contribution in [2.75, 3.05) is 0 Å². The predicted octanol–water partition coefficient (Wildman–Crippen LogP) is 2.97. The third-order valence-electron chi connectivity index (χ3n) is 2.68. The Morgan fingerprint density at radius 2 is 1.59 bits per heavy atom. The fraction of sp³-hybridized carbons (Fsp3) is 0.786. The number of carboxylic acid groups (broad SMARTS) is 1. The summed E-state index contributed by atoms with van der Waals surface area (Å²) in [5.74, 6) is 3.06. The van der Waals surface area contributed by atoms with Gasteiger partial charge in [0.1, 0.15) is 6.10 Å². The summed E-state index contributed by atoms with van der Waals surface area (Å²) in [5, 5.41) is 17.6. The molecule has 0 amide bonds. The first-order valence-electron chi connectivity index (χ1n) is 6.59. The van der Waals surface area contributed by atoms with E-state index in [4.69, 9.17) is 5.11 Å². The molecule has 0 aromatic heterocycles. The van der Waals surface area contributed by atoms with Crippen LogP contribution in [0.2, 0.25) is 0 Å². The van der Waals surface area contributed by atoms with Gasteiger partial charge < -0.3 is 10.2 Å². The highest BCUT2D eigenvalue weighted by Gasteiger charge is 1.99. The third kappa shape index (κ3) is 12.9. The van der Waals surface area contributed by atoms with Crippen LogP contribution >= 0.6 is 0 Å². The molecule has 0 rings (SSSR count). The van der Waals surface area contributed by atoms with Crippen LogP contribution in [0.4, 0.5) is 0 Å². The molecule has 2 N–H and O–H groups in total. The van der Waals surface area contributed by atoms with E-state index in [-0.39, 0.29) is 0 Å². The first-order valence-corrected chi connectivity index (χ1v) is 6.59. The second-order valence-corrected chi connectivity index (χ2v) is 4.35. The number of rotatable bonds is 9. The fourth-order valence-electron chi connectivity index (χ4n) is 1.69. The van der Waals surface area contributed by atoms with Crippen LogP contribution in [0, 0.1) is 11.8 Å². The van der Waals surface area contributed by atoms with Gasteiger partial charge in [-0.25, -0.2) is 4.79 Å². The van der Waals surface area contributed by atoms with E-state index in [1.54, 1.807) is 0 Å². The van der Waals surface area contributed by atoms with Crippen LogP contribution in [0.25, 0.3) is 0 Å². The highest BCUT2D eigenvalue weighted by atomic mass is 16.4. The highest BCUT2D eigenvalue weighted by Crippen LogP contribution is 2.10. The number of unbranched alkanes of at least 4 members (excludes halogenated alkanes) is 7. The summed E-state index contributed by atoms with van der Waals surface area (Å²) < 4.78 is 0. The second-order valence-electron chi connectivity index (χ2n) is 4.35. The average Bonchev–Trinajstić information content (AvgIpc) is 2.30. The van der Waals surface area contributed by atoms with Crippen molar-refractivity contribution in [3.05, 3.63) is 0 Å². The van der Waals surface area contributed by atoms with Crippen LogP contribution in [0.1, 0.15) is 64.7 Å². The molecule has 98 valence electrons. The lowest BCUT2D eigenvalue weighted by Gasteiger charge is -2.03. The lowest BCUT2D eigenvalue weighted by molar-refractivity contribution is -0.130. The third-order valence-corrected chi connectivity index (χ3v) is 2.68. The zero-order valence-electron chi connectivity index (χ0n) is 10.7. The Labute approximate surface area is 104 Å². The molecule has 0 spiro atoms. The Kier molecular flexibility index (Phi) is 10.8. The van der Waals surface area contributed by atoms with Crippen LogP contribution in [0.15, 0.2) is 0 Å². The zero-order valence-corrected chi connectivity index (χ0v) is 10.7. The maximum atomic E-state index is 10.1. The smallest absolute Gasteiger partial charge is 0.381 e. The van der Waals surface area contributed by atoms with Crippen molar-refractivity contribution in [2.45, 2.75) is 70.8 Å². The number of aliphatic hydroxyl groups is 1. The lowest BCUT2D eigenvalue weighted by atomic mass is 10.1. The molecule has 0 aromatic rings. The summed E-state index contributed by atoms with van der Waals surface area (Å²) in [6.07, 6.45) is 9.48. The molecular weight excluding hydrogens is 216 g/mol. The lowest BCUT2D eigenvalue weighted by Crippen LogP contribution is -2.03. The minimum atomic E-state index is -1.18. The molecule has 0 unspecified atom stereocenters. The van der Waals surface area contributed by atoms with Crippen molar-refractivity contribution in [3.8, 4) is 11.8 Å². The first-order chi connectivity index (χ1) is 8.16. The Hall–Kier alpha value is -1.01. The number of hydrogen-bond acceptors (Lipinski definition) is 2. The van der Waals surface area contributed by atoms with E-state index in [2.05, 4.69) is 12.8 Å². The van der Waals surface area contributed by atoms with E-state index in [0.29, 0.717) is 6.42 Å². The predicted molar refractivity (Wildman–Crippen MR) is 68.6 cm³/mol. The largest absolute Gasteiger partial charge is 0.472 e. The molecule has 0 saturated carbocycles. The van der Waals surface area contributed by atoms with Crippen LogP contribution in [-0.2, 0) is 4.79 Å². The van der Waals surface area contributed by atoms with Gasteiger partial charge in [0.05, 0.1) is 0 Å². The molecule has 0 aliphatic carbocycles. The van der Waals surface area contributed by atoms with Crippen molar-refractivity contribution in [1.29, 1.82) is 0 Å². The molecule has 0 saturated heterocycles. The zero-order chi connectivity index (χ0) is 12.9. The van der Waals surface area contributed by atoms with Gasteiger partial charge in [-0.05, 0) is 12.8 Å². The maximum absolute atomic E-state index is 10.1. The maximum Gasteiger partial charge on any atom is 0.381 e. The molecule has 0 aliphatic rings. The summed E-state index contributed by atoms with van der Waals surface area (Å²) in [6.45, 7) is 2.21. The van der Waals surface area contributed by atoms with Crippen molar-refractivity contribution in [2.24, 2.45) is 0 Å². The van der Waals surface area contributed by atoms with Crippen molar-refractivity contribution in [3.63, 3.8) is 0 Å². The summed E-state index contributed by atoms with van der Waals surface area (Å²) >= 11 is 0. The average molecular weight is 240 g/mol. The van der Waals surface area contributed by atoms with Crippen LogP contribution in [0.3, 0.4) is 0 Å². The van der Waals surface area contributed by atoms with Gasteiger partial charge in [0.15, 0.2) is 0 Å². The van der Waals surface area contributed by atoms with Crippen molar-refractivity contribution >= 4 is 5.97 Å². The number of aliphatic carboxylic acids is 1. The standard InChI is InChI=1S/C14H24O3/c1-2-3-4-5-6-7-8-9-10-13(15)11-12-14(16)17/h13,15H,2-10H2,1H3,(H,16,17)/t13-/m1/s1. The van der Waals surface area contributed by atoms with Crippen LogP contribution < -0.4 is 0 Å². The molecular formula is C14H24O3. The van der Waals surface area contributed by atoms with E-state index >= 15 is 0 Å². The Balaban J connectivity index is 3.28. The quantitative estimate of drug-likeness (QED) is 0.481.